The van der Waals surface area contributed by atoms with Gasteiger partial charge in [-0.15, -0.1) is 0 Å². The average molecular weight is 308 g/mol. The monoisotopic (exact) mass is 307 g/mol. The molecule has 2 heterocycles. The molecule has 0 bridgehead atoms. The summed E-state index contributed by atoms with van der Waals surface area (Å²) in [7, 11) is 0. The molecule has 2 aromatic rings. The van der Waals surface area contributed by atoms with Crippen molar-refractivity contribution in [2.45, 2.75) is 25.4 Å². The summed E-state index contributed by atoms with van der Waals surface area (Å²) < 4.78 is 5.12. The molecule has 5 nitrogen and oxygen atoms in total. The fraction of sp³-hybridized carbons (Fsp3) is 0.467. The van der Waals surface area contributed by atoms with Crippen molar-refractivity contribution < 1.29 is 9.63 Å². The minimum Gasteiger partial charge on any atom is -0.379 e. The normalized spacial score (nSPS) is 22.8. The van der Waals surface area contributed by atoms with Crippen molar-refractivity contribution in [3.05, 3.63) is 46.6 Å². The molecule has 1 unspecified atom stereocenters. The highest BCUT2D eigenvalue weighted by Gasteiger charge is 2.42. The Morgan fingerprint density at radius 1 is 1.38 bits per heavy atom. The molecule has 0 spiro atoms. The number of β-amino-alcohol motifs (C(OH)–C–C–N with tert-alkyl or cyclic N) is 1. The lowest BCUT2D eigenvalue weighted by atomic mass is 10.0. The Bertz CT molecular complexity index is 614. The Morgan fingerprint density at radius 2 is 2.14 bits per heavy atom. The number of hydrogen-bond donors (Lipinski definition) is 1. The predicted molar refractivity (Wildman–Crippen MR) is 79.1 cm³/mol. The number of aryl methyl sites for hydroxylation is 1. The van der Waals surface area contributed by atoms with Crippen LogP contribution in [0.25, 0.3) is 0 Å². The molecule has 1 saturated heterocycles. The van der Waals surface area contributed by atoms with Gasteiger partial charge in [0.1, 0.15) is 0 Å². The van der Waals surface area contributed by atoms with Crippen molar-refractivity contribution in [2.75, 3.05) is 19.6 Å². The minimum atomic E-state index is -1.01. The first-order chi connectivity index (χ1) is 10.0. The Morgan fingerprint density at radius 3 is 2.81 bits per heavy atom. The Labute approximate surface area is 128 Å². The van der Waals surface area contributed by atoms with E-state index in [0.717, 1.165) is 24.5 Å². The van der Waals surface area contributed by atoms with Crippen LogP contribution >= 0.6 is 11.6 Å². The molecule has 0 saturated carbocycles. The molecule has 1 aromatic carbocycles. The van der Waals surface area contributed by atoms with Crippen molar-refractivity contribution >= 4 is 11.6 Å². The number of likely N-dealkylation sites (tertiary alicyclic amines) is 1. The van der Waals surface area contributed by atoms with Gasteiger partial charge < -0.3 is 9.63 Å². The molecule has 0 radical (unpaired) electrons. The summed E-state index contributed by atoms with van der Waals surface area (Å²) in [6.45, 7) is 3.99. The molecule has 0 amide bonds. The van der Waals surface area contributed by atoms with Crippen LogP contribution in [0.15, 0.2) is 28.8 Å². The highest BCUT2D eigenvalue weighted by Crippen LogP contribution is 2.30. The molecule has 6 heteroatoms. The van der Waals surface area contributed by atoms with Gasteiger partial charge in [-0.3, -0.25) is 4.90 Å². The van der Waals surface area contributed by atoms with Crippen LogP contribution in [0.4, 0.5) is 0 Å². The number of aromatic nitrogens is 2. The van der Waals surface area contributed by atoms with Gasteiger partial charge in [-0.2, -0.15) is 4.98 Å². The molecular weight excluding hydrogens is 290 g/mol. The molecule has 1 N–H and O–H groups in total. The van der Waals surface area contributed by atoms with Gasteiger partial charge in [0.05, 0.1) is 0 Å². The number of benzene rings is 1. The van der Waals surface area contributed by atoms with E-state index in [9.17, 15) is 5.11 Å². The second-order valence-corrected chi connectivity index (χ2v) is 6.02. The van der Waals surface area contributed by atoms with Crippen LogP contribution in [-0.4, -0.2) is 39.8 Å². The zero-order chi connectivity index (χ0) is 14.9. The van der Waals surface area contributed by atoms with E-state index in [0.29, 0.717) is 24.7 Å². The molecule has 1 atom stereocenters. The van der Waals surface area contributed by atoms with Crippen molar-refractivity contribution in [1.82, 2.24) is 15.0 Å². The standard InChI is InChI=1S/C15H18ClN3O2/c1-11-17-14(21-18-11)15(20)7-9-19(10-15)8-6-12-2-4-13(16)5-3-12/h2-5,20H,6-10H2,1H3. The first kappa shape index (κ1) is 14.5. The van der Waals surface area contributed by atoms with Crippen molar-refractivity contribution in [2.24, 2.45) is 0 Å². The highest BCUT2D eigenvalue weighted by atomic mass is 35.5. The van der Waals surface area contributed by atoms with E-state index in [-0.39, 0.29) is 0 Å². The van der Waals surface area contributed by atoms with Crippen LogP contribution in [0.5, 0.6) is 0 Å². The molecule has 112 valence electrons. The summed E-state index contributed by atoms with van der Waals surface area (Å²) in [5.74, 6) is 0.882. The third-order valence-corrected chi connectivity index (χ3v) is 4.13. The number of rotatable bonds is 4. The number of hydrogen-bond acceptors (Lipinski definition) is 5. The first-order valence-corrected chi connectivity index (χ1v) is 7.43. The summed E-state index contributed by atoms with van der Waals surface area (Å²) >= 11 is 5.88. The maximum absolute atomic E-state index is 10.6. The second kappa shape index (κ2) is 5.75. The first-order valence-electron chi connectivity index (χ1n) is 7.05. The molecular formula is C15H18ClN3O2. The lowest BCUT2D eigenvalue weighted by Gasteiger charge is -2.19. The molecule has 1 aromatic heterocycles. The summed E-state index contributed by atoms with van der Waals surface area (Å²) in [5.41, 5.74) is 0.227. The van der Waals surface area contributed by atoms with Gasteiger partial charge in [-0.25, -0.2) is 0 Å². The van der Waals surface area contributed by atoms with E-state index >= 15 is 0 Å². The van der Waals surface area contributed by atoms with E-state index in [1.165, 1.54) is 5.56 Å². The third kappa shape index (κ3) is 3.26. The summed E-state index contributed by atoms with van der Waals surface area (Å²) in [5, 5.41) is 15.1. The topological polar surface area (TPSA) is 62.4 Å². The quantitative estimate of drug-likeness (QED) is 0.938. The maximum atomic E-state index is 10.6. The van der Waals surface area contributed by atoms with Gasteiger partial charge in [0, 0.05) is 24.7 Å². The fourth-order valence-corrected chi connectivity index (χ4v) is 2.79. The zero-order valence-corrected chi connectivity index (χ0v) is 12.7. The Balaban J connectivity index is 1.58. The molecule has 1 aliphatic rings. The van der Waals surface area contributed by atoms with Gasteiger partial charge >= 0.3 is 0 Å². The van der Waals surface area contributed by atoms with Gasteiger partial charge in [-0.1, -0.05) is 28.9 Å². The van der Waals surface area contributed by atoms with Crippen molar-refractivity contribution in [3.8, 4) is 0 Å². The van der Waals surface area contributed by atoms with E-state index in [2.05, 4.69) is 15.0 Å². The highest BCUT2D eigenvalue weighted by molar-refractivity contribution is 6.30. The van der Waals surface area contributed by atoms with Crippen molar-refractivity contribution in [1.29, 1.82) is 0 Å². The average Bonchev–Trinajstić information content (AvgIpc) is 3.06. The van der Waals surface area contributed by atoms with Gasteiger partial charge in [0.15, 0.2) is 11.4 Å². The largest absolute Gasteiger partial charge is 0.379 e. The number of nitrogens with zero attached hydrogens (tertiary/aromatic N) is 3. The van der Waals surface area contributed by atoms with Gasteiger partial charge in [0.2, 0.25) is 0 Å². The summed E-state index contributed by atoms with van der Waals surface area (Å²) in [4.78, 5) is 6.37. The number of aliphatic hydroxyl groups is 1. The lowest BCUT2D eigenvalue weighted by molar-refractivity contribution is 0.0139. The molecule has 21 heavy (non-hydrogen) atoms. The predicted octanol–water partition coefficient (Wildman–Crippen LogP) is 2.17. The lowest BCUT2D eigenvalue weighted by Crippen LogP contribution is -2.32. The van der Waals surface area contributed by atoms with Crippen LogP contribution in [0.2, 0.25) is 5.02 Å². The van der Waals surface area contributed by atoms with E-state index in [1.54, 1.807) is 6.92 Å². The fourth-order valence-electron chi connectivity index (χ4n) is 2.66. The van der Waals surface area contributed by atoms with Gasteiger partial charge in [-0.05, 0) is 37.5 Å². The molecule has 3 rings (SSSR count). The van der Waals surface area contributed by atoms with E-state index in [4.69, 9.17) is 16.1 Å². The Kier molecular flexibility index (Phi) is 3.97. The second-order valence-electron chi connectivity index (χ2n) is 5.58. The van der Waals surface area contributed by atoms with Crippen LogP contribution in [0.3, 0.4) is 0 Å². The summed E-state index contributed by atoms with van der Waals surface area (Å²) in [6, 6.07) is 7.87. The van der Waals surface area contributed by atoms with E-state index < -0.39 is 5.60 Å². The number of halogens is 1. The van der Waals surface area contributed by atoms with Crippen LogP contribution in [0.1, 0.15) is 23.7 Å². The minimum absolute atomic E-state index is 0.328. The smallest absolute Gasteiger partial charge is 0.259 e. The van der Waals surface area contributed by atoms with Crippen LogP contribution in [-0.2, 0) is 12.0 Å². The zero-order valence-electron chi connectivity index (χ0n) is 11.9. The molecule has 1 aliphatic heterocycles. The molecule has 0 aliphatic carbocycles. The SMILES string of the molecule is Cc1noc(C2(O)CCN(CCc3ccc(Cl)cc3)C2)n1. The van der Waals surface area contributed by atoms with E-state index in [1.807, 2.05) is 24.3 Å². The van der Waals surface area contributed by atoms with Crippen molar-refractivity contribution in [3.63, 3.8) is 0 Å². The van der Waals surface area contributed by atoms with Crippen LogP contribution < -0.4 is 0 Å². The Hall–Kier alpha value is -1.43. The van der Waals surface area contributed by atoms with Crippen LogP contribution in [0, 0.1) is 6.92 Å². The third-order valence-electron chi connectivity index (χ3n) is 3.88. The molecule has 1 fully saturated rings. The van der Waals surface area contributed by atoms with Gasteiger partial charge in [0.25, 0.3) is 5.89 Å². The summed E-state index contributed by atoms with van der Waals surface area (Å²) in [6.07, 6.45) is 1.55. The maximum Gasteiger partial charge on any atom is 0.259 e.